The van der Waals surface area contributed by atoms with Crippen LogP contribution in [0.25, 0.3) is 0 Å². The lowest BCUT2D eigenvalue weighted by atomic mass is 10.3. The number of benzene rings is 2. The summed E-state index contributed by atoms with van der Waals surface area (Å²) in [5.74, 6) is 0.667. The molecule has 0 aliphatic rings. The van der Waals surface area contributed by atoms with Gasteiger partial charge in [0.25, 0.3) is 7.37 Å². The van der Waals surface area contributed by atoms with Crippen LogP contribution in [0.3, 0.4) is 0 Å². The molecule has 19 heavy (non-hydrogen) atoms. The average molecular weight is 273 g/mol. The molecule has 2 aromatic rings. The van der Waals surface area contributed by atoms with Crippen molar-refractivity contribution in [2.75, 3.05) is 14.2 Å². The van der Waals surface area contributed by atoms with E-state index in [0.29, 0.717) is 16.4 Å². The molecule has 0 heterocycles. The minimum atomic E-state index is -3.03. The van der Waals surface area contributed by atoms with E-state index in [1.165, 1.54) is 7.11 Å². The minimum Gasteiger partial charge on any atom is -0.497 e. The van der Waals surface area contributed by atoms with Gasteiger partial charge in [-0.05, 0) is 30.3 Å². The molecule has 2 aromatic carbocycles. The van der Waals surface area contributed by atoms with E-state index in [4.69, 9.17) is 9.26 Å². The van der Waals surface area contributed by atoms with Crippen molar-refractivity contribution in [2.24, 2.45) is 0 Å². The second-order valence-electron chi connectivity index (χ2n) is 3.77. The molecule has 2 rings (SSSR count). The van der Waals surface area contributed by atoms with Crippen molar-refractivity contribution in [3.05, 3.63) is 54.6 Å². The summed E-state index contributed by atoms with van der Waals surface area (Å²) in [6, 6.07) is 16.4. The Morgan fingerprint density at radius 2 is 1.53 bits per heavy atom. The lowest BCUT2D eigenvalue weighted by Gasteiger charge is -2.17. The SMILES string of the molecule is COc1cccc(P(=O)(OC)c2ccccc2)c1.[B]. The molecule has 3 radical (unpaired) electrons. The maximum atomic E-state index is 13.0. The third-order valence-electron chi connectivity index (χ3n) is 2.75. The molecular formula is C14H15BO3P. The summed E-state index contributed by atoms with van der Waals surface area (Å²) in [5, 5.41) is 1.32. The van der Waals surface area contributed by atoms with Gasteiger partial charge in [-0.1, -0.05) is 24.3 Å². The summed E-state index contributed by atoms with van der Waals surface area (Å²) >= 11 is 0. The largest absolute Gasteiger partial charge is 0.497 e. The first-order valence-corrected chi connectivity index (χ1v) is 7.19. The zero-order valence-corrected chi connectivity index (χ0v) is 11.8. The topological polar surface area (TPSA) is 35.5 Å². The Hall–Kier alpha value is -1.51. The molecule has 0 amide bonds. The van der Waals surface area contributed by atoms with Gasteiger partial charge in [-0.25, -0.2) is 0 Å². The van der Waals surface area contributed by atoms with Crippen LogP contribution in [-0.2, 0) is 9.09 Å². The van der Waals surface area contributed by atoms with Crippen LogP contribution >= 0.6 is 7.37 Å². The predicted molar refractivity (Wildman–Crippen MR) is 79.1 cm³/mol. The van der Waals surface area contributed by atoms with E-state index >= 15 is 0 Å². The van der Waals surface area contributed by atoms with Gasteiger partial charge in [0, 0.05) is 26.1 Å². The molecule has 0 aromatic heterocycles. The summed E-state index contributed by atoms with van der Waals surface area (Å²) in [4.78, 5) is 0. The van der Waals surface area contributed by atoms with Crippen LogP contribution in [0.1, 0.15) is 0 Å². The molecule has 0 saturated heterocycles. The molecule has 0 aliphatic carbocycles. The van der Waals surface area contributed by atoms with Crippen LogP contribution in [-0.4, -0.2) is 22.6 Å². The Bertz CT molecular complexity index is 572. The van der Waals surface area contributed by atoms with Crippen molar-refractivity contribution in [2.45, 2.75) is 0 Å². The Balaban J connectivity index is 0.00000180. The highest BCUT2D eigenvalue weighted by Gasteiger charge is 2.27. The van der Waals surface area contributed by atoms with Crippen LogP contribution in [0.15, 0.2) is 54.6 Å². The van der Waals surface area contributed by atoms with Gasteiger partial charge in [0.1, 0.15) is 5.75 Å². The summed E-state index contributed by atoms with van der Waals surface area (Å²) < 4.78 is 23.4. The molecule has 0 N–H and O–H groups in total. The summed E-state index contributed by atoms with van der Waals surface area (Å²) in [5.41, 5.74) is 0. The fourth-order valence-electron chi connectivity index (χ4n) is 1.78. The molecule has 5 heteroatoms. The van der Waals surface area contributed by atoms with Crippen LogP contribution in [0.2, 0.25) is 0 Å². The molecule has 0 bridgehead atoms. The lowest BCUT2D eigenvalue weighted by molar-refractivity contribution is 0.409. The zero-order valence-electron chi connectivity index (χ0n) is 10.9. The Kier molecular flexibility index (Phi) is 5.40. The van der Waals surface area contributed by atoms with E-state index in [0.717, 1.165) is 0 Å². The Morgan fingerprint density at radius 1 is 0.895 bits per heavy atom. The standard InChI is InChI=1S/C14H15O3P.B/c1-16-12-7-6-10-14(11-12)18(15,17-2)13-8-4-3-5-9-13;/h3-11H,1-2H3;. The van der Waals surface area contributed by atoms with Crippen molar-refractivity contribution in [1.82, 2.24) is 0 Å². The fraction of sp³-hybridized carbons (Fsp3) is 0.143. The van der Waals surface area contributed by atoms with E-state index in [2.05, 4.69) is 0 Å². The molecule has 0 saturated carbocycles. The average Bonchev–Trinajstić information content (AvgIpc) is 2.47. The third-order valence-corrected chi connectivity index (χ3v) is 5.20. The quantitative estimate of drug-likeness (QED) is 0.632. The van der Waals surface area contributed by atoms with Crippen LogP contribution in [0.4, 0.5) is 0 Å². The molecule has 1 atom stereocenters. The fourth-order valence-corrected chi connectivity index (χ4v) is 3.64. The third kappa shape index (κ3) is 3.09. The molecular weight excluding hydrogens is 258 g/mol. The number of ether oxygens (including phenoxy) is 1. The van der Waals surface area contributed by atoms with Crippen LogP contribution in [0, 0.1) is 0 Å². The van der Waals surface area contributed by atoms with Gasteiger partial charge in [0.05, 0.1) is 7.11 Å². The second-order valence-corrected chi connectivity index (χ2v) is 6.27. The summed E-state index contributed by atoms with van der Waals surface area (Å²) in [6.07, 6.45) is 0. The van der Waals surface area contributed by atoms with Gasteiger partial charge in [-0.3, -0.25) is 4.57 Å². The van der Waals surface area contributed by atoms with Gasteiger partial charge < -0.3 is 9.26 Å². The molecule has 0 spiro atoms. The lowest BCUT2D eigenvalue weighted by Crippen LogP contribution is -2.17. The van der Waals surface area contributed by atoms with Gasteiger partial charge in [0.2, 0.25) is 0 Å². The first-order valence-electron chi connectivity index (χ1n) is 5.57. The van der Waals surface area contributed by atoms with Crippen molar-refractivity contribution in [1.29, 1.82) is 0 Å². The number of hydrogen-bond acceptors (Lipinski definition) is 3. The van der Waals surface area contributed by atoms with E-state index in [9.17, 15) is 4.57 Å². The van der Waals surface area contributed by atoms with Crippen molar-refractivity contribution < 1.29 is 13.8 Å². The Labute approximate surface area is 115 Å². The predicted octanol–water partition coefficient (Wildman–Crippen LogP) is 2.19. The van der Waals surface area contributed by atoms with Crippen LogP contribution < -0.4 is 15.3 Å². The van der Waals surface area contributed by atoms with E-state index < -0.39 is 7.37 Å². The summed E-state index contributed by atoms with van der Waals surface area (Å²) in [6.45, 7) is 0. The minimum absolute atomic E-state index is 0. The molecule has 0 aliphatic heterocycles. The highest BCUT2D eigenvalue weighted by Crippen LogP contribution is 2.43. The Morgan fingerprint density at radius 3 is 2.11 bits per heavy atom. The molecule has 97 valence electrons. The molecule has 0 fully saturated rings. The van der Waals surface area contributed by atoms with Gasteiger partial charge in [0.15, 0.2) is 0 Å². The number of methoxy groups -OCH3 is 1. The smallest absolute Gasteiger partial charge is 0.261 e. The zero-order chi connectivity index (χ0) is 13.0. The van der Waals surface area contributed by atoms with E-state index in [1.807, 2.05) is 42.5 Å². The number of hydrogen-bond donors (Lipinski definition) is 0. The van der Waals surface area contributed by atoms with Gasteiger partial charge in [-0.2, -0.15) is 0 Å². The summed E-state index contributed by atoms with van der Waals surface area (Å²) in [7, 11) is 0.0231. The molecule has 1 unspecified atom stereocenters. The van der Waals surface area contributed by atoms with E-state index in [-0.39, 0.29) is 8.41 Å². The van der Waals surface area contributed by atoms with Crippen LogP contribution in [0.5, 0.6) is 5.75 Å². The van der Waals surface area contributed by atoms with Crippen molar-refractivity contribution in [3.63, 3.8) is 0 Å². The van der Waals surface area contributed by atoms with Gasteiger partial charge in [-0.15, -0.1) is 0 Å². The maximum absolute atomic E-state index is 13.0. The maximum Gasteiger partial charge on any atom is 0.261 e. The normalized spacial score (nSPS) is 13.2. The first kappa shape index (κ1) is 15.6. The number of rotatable bonds is 4. The first-order chi connectivity index (χ1) is 8.70. The van der Waals surface area contributed by atoms with Crippen molar-refractivity contribution >= 4 is 26.4 Å². The highest BCUT2D eigenvalue weighted by molar-refractivity contribution is 7.74. The van der Waals surface area contributed by atoms with Gasteiger partial charge >= 0.3 is 0 Å². The second kappa shape index (κ2) is 6.60. The highest BCUT2D eigenvalue weighted by atomic mass is 31.2. The van der Waals surface area contributed by atoms with E-state index in [1.54, 1.807) is 19.2 Å². The monoisotopic (exact) mass is 273 g/mol. The van der Waals surface area contributed by atoms with Crippen molar-refractivity contribution in [3.8, 4) is 5.75 Å². The molecule has 3 nitrogen and oxygen atoms in total.